The number of hydrogen-bond donors (Lipinski definition) is 6. The third kappa shape index (κ3) is 48.2. The first-order chi connectivity index (χ1) is 41.7. The topological polar surface area (TPSA) is 175 Å². The fraction of sp³-hybridized carbons (Fsp3) is 0.757. The monoisotopic (exact) mass is 1190 g/mol. The number of unbranched alkanes of at least 4 members (excludes halogenated alkanes) is 31. The summed E-state index contributed by atoms with van der Waals surface area (Å²) in [5.74, 6) is -1.21. The first-order valence-corrected chi connectivity index (χ1v) is 35.0. The molecule has 1 heterocycles. The van der Waals surface area contributed by atoms with Gasteiger partial charge in [0.05, 0.1) is 25.4 Å². The van der Waals surface area contributed by atoms with Gasteiger partial charge in [-0.1, -0.05) is 279 Å². The van der Waals surface area contributed by atoms with Gasteiger partial charge in [0.2, 0.25) is 5.91 Å². The summed E-state index contributed by atoms with van der Waals surface area (Å²) in [6.07, 6.45) is 71.5. The second kappa shape index (κ2) is 60.8. The van der Waals surface area contributed by atoms with Crippen LogP contribution in [0.4, 0.5) is 0 Å². The summed E-state index contributed by atoms with van der Waals surface area (Å²) >= 11 is 0. The third-order valence-corrected chi connectivity index (χ3v) is 16.0. The molecular formula is C74H129NO10. The summed E-state index contributed by atoms with van der Waals surface area (Å²) < 4.78 is 17.7. The standard InChI is InChI=1S/C74H129NO10/c1-4-7-10-13-16-19-22-24-26-28-30-32-33-34-35-36-38-40-42-44-47-50-53-56-59-62-69(79)85-72-71(81)70(80)68(63-76)84-74(72)83-64-65(66(77)60-57-54-51-48-45-21-18-15-12-9-6-3)75-73(82)67(78)61-58-55-52-49-46-43-41-39-37-31-29-27-25-23-20-17-14-11-8-5-2/h16-17,19-20,24-27,30-32,34-35,37,57,60,65-68,70-72,74,76-78,80-81H,4-15,18,21-23,28-29,33,36,38-56,58-59,61-64H2,1-3H3,(H,75,82)/b19-16-,20-17-,26-24-,27-25-,32-30-,35-34-,37-31-,60-57+. The van der Waals surface area contributed by atoms with E-state index in [9.17, 15) is 35.1 Å². The van der Waals surface area contributed by atoms with Crippen LogP contribution in [0, 0.1) is 0 Å². The number of aliphatic hydroxyl groups is 5. The minimum absolute atomic E-state index is 0.111. The molecule has 8 unspecified atom stereocenters. The largest absolute Gasteiger partial charge is 0.454 e. The predicted molar refractivity (Wildman–Crippen MR) is 356 cm³/mol. The number of amides is 1. The molecule has 0 aromatic rings. The summed E-state index contributed by atoms with van der Waals surface area (Å²) in [5, 5.41) is 57.2. The molecule has 1 aliphatic rings. The Labute approximate surface area is 520 Å². The highest BCUT2D eigenvalue weighted by atomic mass is 16.7. The zero-order valence-corrected chi connectivity index (χ0v) is 54.5. The number of allylic oxidation sites excluding steroid dienone is 15. The van der Waals surface area contributed by atoms with Crippen molar-refractivity contribution in [2.24, 2.45) is 0 Å². The van der Waals surface area contributed by atoms with Gasteiger partial charge in [0.15, 0.2) is 12.4 Å². The first-order valence-electron chi connectivity index (χ1n) is 35.0. The molecule has 0 saturated carbocycles. The Hall–Kier alpha value is -3.42. The Morgan fingerprint density at radius 3 is 1.24 bits per heavy atom. The van der Waals surface area contributed by atoms with E-state index in [0.717, 1.165) is 116 Å². The smallest absolute Gasteiger partial charge is 0.306 e. The molecule has 0 radical (unpaired) electrons. The van der Waals surface area contributed by atoms with E-state index in [1.807, 2.05) is 6.08 Å². The van der Waals surface area contributed by atoms with E-state index in [1.54, 1.807) is 6.08 Å². The molecule has 1 saturated heterocycles. The fourth-order valence-electron chi connectivity index (χ4n) is 10.4. The van der Waals surface area contributed by atoms with Crippen LogP contribution in [0.3, 0.4) is 0 Å². The normalized spacial score (nSPS) is 19.0. The minimum Gasteiger partial charge on any atom is -0.454 e. The molecule has 1 amide bonds. The van der Waals surface area contributed by atoms with E-state index in [2.05, 4.69) is 111 Å². The lowest BCUT2D eigenvalue weighted by molar-refractivity contribution is -0.305. The summed E-state index contributed by atoms with van der Waals surface area (Å²) in [5.41, 5.74) is 0. The van der Waals surface area contributed by atoms with E-state index in [4.69, 9.17) is 14.2 Å². The maximum atomic E-state index is 13.5. The first kappa shape index (κ1) is 79.6. The molecule has 11 heteroatoms. The zero-order chi connectivity index (χ0) is 61.7. The van der Waals surface area contributed by atoms with Crippen molar-refractivity contribution in [2.45, 2.75) is 346 Å². The van der Waals surface area contributed by atoms with Gasteiger partial charge < -0.3 is 45.1 Å². The quantitative estimate of drug-likeness (QED) is 0.0195. The number of aliphatic hydroxyl groups excluding tert-OH is 5. The maximum absolute atomic E-state index is 13.5. The Bertz CT molecular complexity index is 1750. The van der Waals surface area contributed by atoms with Crippen LogP contribution in [0.15, 0.2) is 97.2 Å². The van der Waals surface area contributed by atoms with E-state index >= 15 is 0 Å². The summed E-state index contributed by atoms with van der Waals surface area (Å²) in [7, 11) is 0. The predicted octanol–water partition coefficient (Wildman–Crippen LogP) is 17.8. The Morgan fingerprint density at radius 2 is 0.812 bits per heavy atom. The average molecular weight is 1190 g/mol. The SMILES string of the molecule is CCCCC/C=C\C/C=C\C/C=C\C/C=C\CCCCCCCCCCCC(=O)OC1C(OCC(NC(=O)C(O)CCCCCCCCC/C=C\C/C=C\C/C=C\CCCCC)C(O)/C=C/CCCCCCCCCCC)OC(CO)C(O)C1O. The van der Waals surface area contributed by atoms with E-state index in [0.29, 0.717) is 12.8 Å². The second-order valence-electron chi connectivity index (χ2n) is 23.9. The van der Waals surface area contributed by atoms with E-state index in [1.165, 1.54) is 135 Å². The fourth-order valence-corrected chi connectivity index (χ4v) is 10.4. The van der Waals surface area contributed by atoms with Crippen molar-refractivity contribution in [3.63, 3.8) is 0 Å². The average Bonchev–Trinajstić information content (AvgIpc) is 2.90. The van der Waals surface area contributed by atoms with Gasteiger partial charge >= 0.3 is 5.97 Å². The van der Waals surface area contributed by atoms with Crippen LogP contribution in [0.5, 0.6) is 0 Å². The van der Waals surface area contributed by atoms with Gasteiger partial charge in [0.1, 0.15) is 24.4 Å². The van der Waals surface area contributed by atoms with Crippen molar-refractivity contribution >= 4 is 11.9 Å². The number of carbonyl (C=O) groups is 2. The van der Waals surface area contributed by atoms with Crippen LogP contribution in [0.2, 0.25) is 0 Å². The maximum Gasteiger partial charge on any atom is 0.306 e. The van der Waals surface area contributed by atoms with Crippen LogP contribution in [0.1, 0.15) is 297 Å². The molecule has 1 aliphatic heterocycles. The highest BCUT2D eigenvalue weighted by molar-refractivity contribution is 5.80. The van der Waals surface area contributed by atoms with Gasteiger partial charge in [-0.3, -0.25) is 9.59 Å². The number of nitrogens with one attached hydrogen (secondary N) is 1. The number of rotatable bonds is 59. The van der Waals surface area contributed by atoms with Crippen molar-refractivity contribution < 1.29 is 49.3 Å². The van der Waals surface area contributed by atoms with Gasteiger partial charge in [-0.25, -0.2) is 0 Å². The van der Waals surface area contributed by atoms with Crippen LogP contribution in [-0.4, -0.2) is 99.6 Å². The van der Waals surface area contributed by atoms with Crippen molar-refractivity contribution in [1.82, 2.24) is 5.32 Å². The van der Waals surface area contributed by atoms with Gasteiger partial charge in [-0.15, -0.1) is 0 Å². The molecule has 8 atom stereocenters. The number of esters is 1. The molecule has 490 valence electrons. The molecule has 0 spiro atoms. The van der Waals surface area contributed by atoms with E-state index in [-0.39, 0.29) is 19.4 Å². The molecule has 1 fully saturated rings. The summed E-state index contributed by atoms with van der Waals surface area (Å²) in [4.78, 5) is 26.7. The number of hydrogen-bond acceptors (Lipinski definition) is 10. The lowest BCUT2D eigenvalue weighted by atomic mass is 9.99. The molecular weight excluding hydrogens is 1060 g/mol. The molecule has 11 nitrogen and oxygen atoms in total. The molecule has 0 aromatic heterocycles. The Morgan fingerprint density at radius 1 is 0.459 bits per heavy atom. The van der Waals surface area contributed by atoms with Crippen molar-refractivity contribution in [3.8, 4) is 0 Å². The molecule has 85 heavy (non-hydrogen) atoms. The van der Waals surface area contributed by atoms with E-state index < -0.39 is 67.4 Å². The summed E-state index contributed by atoms with van der Waals surface area (Å²) in [6, 6.07) is -1.03. The van der Waals surface area contributed by atoms with Gasteiger partial charge in [-0.2, -0.15) is 0 Å². The van der Waals surface area contributed by atoms with Crippen molar-refractivity contribution in [1.29, 1.82) is 0 Å². The van der Waals surface area contributed by atoms with Gasteiger partial charge in [0, 0.05) is 6.42 Å². The number of ether oxygens (including phenoxy) is 3. The second-order valence-corrected chi connectivity index (χ2v) is 23.9. The Balaban J connectivity index is 2.58. The zero-order valence-electron chi connectivity index (χ0n) is 54.5. The van der Waals surface area contributed by atoms with Crippen molar-refractivity contribution in [3.05, 3.63) is 97.2 Å². The molecule has 1 rings (SSSR count). The highest BCUT2D eigenvalue weighted by Gasteiger charge is 2.47. The van der Waals surface area contributed by atoms with Gasteiger partial charge in [0.25, 0.3) is 0 Å². The van der Waals surface area contributed by atoms with Crippen LogP contribution in [-0.2, 0) is 23.8 Å². The van der Waals surface area contributed by atoms with Crippen LogP contribution >= 0.6 is 0 Å². The third-order valence-electron chi connectivity index (χ3n) is 16.0. The Kier molecular flexibility index (Phi) is 57.0. The van der Waals surface area contributed by atoms with Gasteiger partial charge in [-0.05, 0) is 109 Å². The summed E-state index contributed by atoms with van der Waals surface area (Å²) in [6.45, 7) is 5.74. The molecule has 0 aliphatic carbocycles. The molecule has 0 aromatic carbocycles. The lowest BCUT2D eigenvalue weighted by Gasteiger charge is -2.41. The van der Waals surface area contributed by atoms with Crippen LogP contribution in [0.25, 0.3) is 0 Å². The van der Waals surface area contributed by atoms with Crippen molar-refractivity contribution in [2.75, 3.05) is 13.2 Å². The highest BCUT2D eigenvalue weighted by Crippen LogP contribution is 2.26. The molecule has 0 bridgehead atoms. The lowest BCUT2D eigenvalue weighted by Crippen LogP contribution is -2.61. The molecule has 6 N–H and O–H groups in total. The minimum atomic E-state index is -1.62. The number of carbonyl (C=O) groups excluding carboxylic acids is 2. The van der Waals surface area contributed by atoms with Crippen LogP contribution < -0.4 is 5.32 Å².